The van der Waals surface area contributed by atoms with Gasteiger partial charge < -0.3 is 4.74 Å². The minimum atomic E-state index is 0.844. The molecule has 0 aromatic heterocycles. The van der Waals surface area contributed by atoms with Crippen molar-refractivity contribution in [3.8, 4) is 5.75 Å². The van der Waals surface area contributed by atoms with Crippen LogP contribution in [0.3, 0.4) is 0 Å². The molecule has 0 atom stereocenters. The average Bonchev–Trinajstić information content (AvgIpc) is 2.37. The van der Waals surface area contributed by atoms with E-state index in [9.17, 15) is 0 Å². The Kier molecular flexibility index (Phi) is 4.72. The Bertz CT molecular complexity index is 275. The zero-order valence-corrected chi connectivity index (χ0v) is 9.95. The molecule has 1 nitrogen and oxygen atoms in total. The van der Waals surface area contributed by atoms with Crippen LogP contribution in [0.5, 0.6) is 5.75 Å². The number of hydrogen-bond donors (Lipinski definition) is 0. The molecule has 87 valence electrons. The van der Waals surface area contributed by atoms with E-state index in [4.69, 9.17) is 4.74 Å². The maximum atomic E-state index is 5.64. The van der Waals surface area contributed by atoms with E-state index in [1.165, 1.54) is 44.9 Å². The van der Waals surface area contributed by atoms with Crippen LogP contribution in [0.25, 0.3) is 0 Å². The molecule has 0 saturated heterocycles. The van der Waals surface area contributed by atoms with E-state index in [2.05, 4.69) is 6.07 Å². The predicted octanol–water partition coefficient (Wildman–Crippen LogP) is 4.23. The summed E-state index contributed by atoms with van der Waals surface area (Å²) in [5.41, 5.74) is 0. The molecule has 0 unspecified atom stereocenters. The SMILES string of the molecule is [c]1ccccc1OCCCC1CCCCC1. The van der Waals surface area contributed by atoms with Crippen LogP contribution in [0.2, 0.25) is 0 Å². The highest BCUT2D eigenvalue weighted by molar-refractivity contribution is 5.19. The van der Waals surface area contributed by atoms with Crippen molar-refractivity contribution in [2.45, 2.75) is 44.9 Å². The van der Waals surface area contributed by atoms with E-state index in [-0.39, 0.29) is 0 Å². The summed E-state index contributed by atoms with van der Waals surface area (Å²) in [5.74, 6) is 1.85. The number of para-hydroxylation sites is 1. The molecule has 1 heteroatoms. The van der Waals surface area contributed by atoms with Crippen LogP contribution in [0, 0.1) is 12.0 Å². The van der Waals surface area contributed by atoms with Gasteiger partial charge in [-0.1, -0.05) is 50.3 Å². The lowest BCUT2D eigenvalue weighted by Crippen LogP contribution is -2.08. The second-order valence-corrected chi connectivity index (χ2v) is 4.72. The monoisotopic (exact) mass is 217 g/mol. The number of rotatable bonds is 5. The molecule has 1 aromatic rings. The Balaban J connectivity index is 1.58. The summed E-state index contributed by atoms with van der Waals surface area (Å²) < 4.78 is 5.64. The summed E-state index contributed by atoms with van der Waals surface area (Å²) in [6, 6.07) is 10.9. The zero-order chi connectivity index (χ0) is 11.1. The van der Waals surface area contributed by atoms with Gasteiger partial charge in [-0.2, -0.15) is 0 Å². The topological polar surface area (TPSA) is 9.23 Å². The molecule has 0 spiro atoms. The third kappa shape index (κ3) is 3.88. The first-order valence-electron chi connectivity index (χ1n) is 6.54. The van der Waals surface area contributed by atoms with Crippen LogP contribution in [-0.4, -0.2) is 6.61 Å². The van der Waals surface area contributed by atoms with Crippen molar-refractivity contribution in [1.29, 1.82) is 0 Å². The normalized spacial score (nSPS) is 17.2. The van der Waals surface area contributed by atoms with Crippen LogP contribution < -0.4 is 4.74 Å². The molecule has 0 aliphatic heterocycles. The van der Waals surface area contributed by atoms with Crippen LogP contribution in [0.4, 0.5) is 0 Å². The highest BCUT2D eigenvalue weighted by Crippen LogP contribution is 2.27. The van der Waals surface area contributed by atoms with Crippen molar-refractivity contribution < 1.29 is 4.74 Å². The summed E-state index contributed by atoms with van der Waals surface area (Å²) >= 11 is 0. The van der Waals surface area contributed by atoms with Crippen molar-refractivity contribution in [1.82, 2.24) is 0 Å². The van der Waals surface area contributed by atoms with Crippen molar-refractivity contribution in [2.24, 2.45) is 5.92 Å². The summed E-state index contributed by atoms with van der Waals surface area (Å²) in [6.07, 6.45) is 9.75. The molecule has 1 saturated carbocycles. The zero-order valence-electron chi connectivity index (χ0n) is 9.95. The first kappa shape index (κ1) is 11.5. The highest BCUT2D eigenvalue weighted by atomic mass is 16.5. The number of ether oxygens (including phenoxy) is 1. The second kappa shape index (κ2) is 6.57. The van der Waals surface area contributed by atoms with Gasteiger partial charge >= 0.3 is 0 Å². The van der Waals surface area contributed by atoms with Crippen LogP contribution in [-0.2, 0) is 0 Å². The van der Waals surface area contributed by atoms with Crippen molar-refractivity contribution in [3.05, 3.63) is 30.3 Å². The van der Waals surface area contributed by atoms with Gasteiger partial charge in [0.25, 0.3) is 0 Å². The molecule has 0 amide bonds. The first-order chi connectivity index (χ1) is 7.95. The molecule has 0 N–H and O–H groups in total. The van der Waals surface area contributed by atoms with Gasteiger partial charge in [-0.3, -0.25) is 0 Å². The maximum absolute atomic E-state index is 5.64. The van der Waals surface area contributed by atoms with Gasteiger partial charge in [0.05, 0.1) is 6.61 Å². The molecule has 16 heavy (non-hydrogen) atoms. The summed E-state index contributed by atoms with van der Waals surface area (Å²) in [5, 5.41) is 0. The largest absolute Gasteiger partial charge is 0.493 e. The molecule has 1 radical (unpaired) electrons. The standard InChI is InChI=1S/C15H21O/c1-3-8-14(9-4-1)10-7-13-16-15-11-5-2-6-12-15/h2,5-6,11,14H,1,3-4,7-10,13H2. The summed E-state index contributed by atoms with van der Waals surface area (Å²) in [4.78, 5) is 0. The fourth-order valence-electron chi connectivity index (χ4n) is 2.50. The fourth-order valence-corrected chi connectivity index (χ4v) is 2.50. The van der Waals surface area contributed by atoms with Crippen molar-refractivity contribution in [3.63, 3.8) is 0 Å². The third-order valence-electron chi connectivity index (χ3n) is 3.42. The smallest absolute Gasteiger partial charge is 0.127 e. The third-order valence-corrected chi connectivity index (χ3v) is 3.42. The van der Waals surface area contributed by atoms with E-state index in [0.717, 1.165) is 18.3 Å². The van der Waals surface area contributed by atoms with Crippen LogP contribution in [0.1, 0.15) is 44.9 Å². The van der Waals surface area contributed by atoms with Gasteiger partial charge in [-0.25, -0.2) is 0 Å². The Hall–Kier alpha value is -0.980. The summed E-state index contributed by atoms with van der Waals surface area (Å²) in [7, 11) is 0. The predicted molar refractivity (Wildman–Crippen MR) is 66.6 cm³/mol. The van der Waals surface area contributed by atoms with Gasteiger partial charge in [-0.05, 0) is 24.8 Å². The molecule has 1 aliphatic rings. The quantitative estimate of drug-likeness (QED) is 0.671. The molecule has 0 heterocycles. The Morgan fingerprint density at radius 3 is 2.81 bits per heavy atom. The van der Waals surface area contributed by atoms with Crippen molar-refractivity contribution in [2.75, 3.05) is 6.61 Å². The molecular formula is C15H21O. The second-order valence-electron chi connectivity index (χ2n) is 4.72. The van der Waals surface area contributed by atoms with E-state index < -0.39 is 0 Å². The number of hydrogen-bond acceptors (Lipinski definition) is 1. The van der Waals surface area contributed by atoms with Gasteiger partial charge in [-0.15, -0.1) is 0 Å². The molecule has 1 aliphatic carbocycles. The lowest BCUT2D eigenvalue weighted by atomic mass is 9.86. The first-order valence-corrected chi connectivity index (χ1v) is 6.54. The molecule has 1 aromatic carbocycles. The van der Waals surface area contributed by atoms with Crippen molar-refractivity contribution >= 4 is 0 Å². The summed E-state index contributed by atoms with van der Waals surface area (Å²) in [6.45, 7) is 0.844. The Labute approximate surface area is 98.8 Å². The molecule has 0 bridgehead atoms. The minimum absolute atomic E-state index is 0.844. The van der Waals surface area contributed by atoms with Gasteiger partial charge in [0.1, 0.15) is 5.75 Å². The van der Waals surface area contributed by atoms with Gasteiger partial charge in [0, 0.05) is 6.07 Å². The van der Waals surface area contributed by atoms with E-state index >= 15 is 0 Å². The van der Waals surface area contributed by atoms with Gasteiger partial charge in [0.2, 0.25) is 0 Å². The van der Waals surface area contributed by atoms with E-state index in [1.54, 1.807) is 0 Å². The molecular weight excluding hydrogens is 196 g/mol. The Morgan fingerprint density at radius 1 is 1.19 bits per heavy atom. The lowest BCUT2D eigenvalue weighted by Gasteiger charge is -2.21. The van der Waals surface area contributed by atoms with Gasteiger partial charge in [0.15, 0.2) is 0 Å². The Morgan fingerprint density at radius 2 is 2.06 bits per heavy atom. The molecule has 1 fully saturated rings. The number of benzene rings is 1. The minimum Gasteiger partial charge on any atom is -0.493 e. The average molecular weight is 217 g/mol. The maximum Gasteiger partial charge on any atom is 0.127 e. The van der Waals surface area contributed by atoms with Crippen LogP contribution in [0.15, 0.2) is 24.3 Å². The molecule has 2 rings (SSSR count). The van der Waals surface area contributed by atoms with E-state index in [0.29, 0.717) is 0 Å². The highest BCUT2D eigenvalue weighted by Gasteiger charge is 2.12. The van der Waals surface area contributed by atoms with E-state index in [1.807, 2.05) is 24.3 Å². The lowest BCUT2D eigenvalue weighted by molar-refractivity contribution is 0.269. The fraction of sp³-hybridized carbons (Fsp3) is 0.600. The van der Waals surface area contributed by atoms with Crippen LogP contribution >= 0.6 is 0 Å².